The van der Waals surface area contributed by atoms with Gasteiger partial charge >= 0.3 is 5.97 Å². The Balaban J connectivity index is 2.29. The minimum absolute atomic E-state index is 0.425. The first-order valence-corrected chi connectivity index (χ1v) is 6.74. The van der Waals surface area contributed by atoms with Crippen molar-refractivity contribution in [3.63, 3.8) is 0 Å². The molecule has 1 aromatic carbocycles. The molecule has 0 amide bonds. The third kappa shape index (κ3) is 3.00. The molecule has 1 N–H and O–H groups in total. The van der Waals surface area contributed by atoms with E-state index in [0.29, 0.717) is 5.92 Å². The van der Waals surface area contributed by atoms with Crippen molar-refractivity contribution in [2.24, 2.45) is 5.92 Å². The van der Waals surface area contributed by atoms with Crippen molar-refractivity contribution >= 4 is 11.5 Å². The van der Waals surface area contributed by atoms with Gasteiger partial charge in [0.05, 0.1) is 0 Å². The average molecular weight is 244 g/mol. The molecule has 1 aliphatic rings. The van der Waals surface area contributed by atoms with Crippen LogP contribution in [-0.4, -0.2) is 11.1 Å². The molecule has 1 fully saturated rings. The number of hydrogen-bond donors (Lipinski definition) is 1. The number of hydrogen-bond acceptors (Lipinski definition) is 1. The lowest BCUT2D eigenvalue weighted by Gasteiger charge is -2.14. The number of aliphatic carboxylic acids is 1. The van der Waals surface area contributed by atoms with Crippen molar-refractivity contribution in [3.05, 3.63) is 41.5 Å². The van der Waals surface area contributed by atoms with E-state index in [-0.39, 0.29) is 0 Å². The summed E-state index contributed by atoms with van der Waals surface area (Å²) in [7, 11) is 0. The first-order valence-electron chi connectivity index (χ1n) is 6.74. The maximum absolute atomic E-state index is 11.0. The molecule has 1 aromatic rings. The molecule has 0 bridgehead atoms. The molecule has 1 aliphatic carbocycles. The van der Waals surface area contributed by atoms with Crippen molar-refractivity contribution in [2.75, 3.05) is 0 Å². The fourth-order valence-corrected chi connectivity index (χ4v) is 2.74. The van der Waals surface area contributed by atoms with Gasteiger partial charge in [-0.05, 0) is 41.9 Å². The Kier molecular flexibility index (Phi) is 4.19. The number of carboxylic acid groups (broad SMARTS) is 1. The molecule has 0 spiro atoms. The smallest absolute Gasteiger partial charge is 0.328 e. The SMILES string of the molecule is CCc1ccc(/C(=C/C(=O)O)C2CCCC2)cc1. The van der Waals surface area contributed by atoms with E-state index in [1.54, 1.807) is 0 Å². The monoisotopic (exact) mass is 244 g/mol. The molecule has 2 heteroatoms. The lowest BCUT2D eigenvalue weighted by atomic mass is 9.90. The maximum atomic E-state index is 11.0. The van der Waals surface area contributed by atoms with E-state index in [4.69, 9.17) is 5.11 Å². The van der Waals surface area contributed by atoms with Crippen LogP contribution in [0.3, 0.4) is 0 Å². The van der Waals surface area contributed by atoms with Gasteiger partial charge in [0.25, 0.3) is 0 Å². The number of allylic oxidation sites excluding steroid dienone is 1. The topological polar surface area (TPSA) is 37.3 Å². The number of benzene rings is 1. The highest BCUT2D eigenvalue weighted by atomic mass is 16.4. The third-order valence-electron chi connectivity index (χ3n) is 3.77. The molecule has 1 saturated carbocycles. The van der Waals surface area contributed by atoms with Gasteiger partial charge in [-0.2, -0.15) is 0 Å². The first-order chi connectivity index (χ1) is 8.70. The van der Waals surface area contributed by atoms with Crippen molar-refractivity contribution < 1.29 is 9.90 Å². The lowest BCUT2D eigenvalue weighted by Crippen LogP contribution is -2.02. The first kappa shape index (κ1) is 12.9. The zero-order valence-corrected chi connectivity index (χ0v) is 10.9. The van der Waals surface area contributed by atoms with Crippen LogP contribution >= 0.6 is 0 Å². The summed E-state index contributed by atoms with van der Waals surface area (Å²) >= 11 is 0. The van der Waals surface area contributed by atoms with Crippen LogP contribution in [0.2, 0.25) is 0 Å². The summed E-state index contributed by atoms with van der Waals surface area (Å²) in [6.07, 6.45) is 7.09. The summed E-state index contributed by atoms with van der Waals surface area (Å²) in [6.45, 7) is 2.12. The van der Waals surface area contributed by atoms with Gasteiger partial charge in [0.15, 0.2) is 0 Å². The van der Waals surface area contributed by atoms with Crippen molar-refractivity contribution in [1.29, 1.82) is 0 Å². The van der Waals surface area contributed by atoms with Crippen molar-refractivity contribution in [3.8, 4) is 0 Å². The highest BCUT2D eigenvalue weighted by Crippen LogP contribution is 2.36. The van der Waals surface area contributed by atoms with E-state index < -0.39 is 5.97 Å². The summed E-state index contributed by atoms with van der Waals surface area (Å²) in [4.78, 5) is 11.0. The maximum Gasteiger partial charge on any atom is 0.328 e. The van der Waals surface area contributed by atoms with E-state index in [1.807, 2.05) is 0 Å². The second kappa shape index (κ2) is 5.85. The number of aryl methyl sites for hydroxylation is 1. The fraction of sp³-hybridized carbons (Fsp3) is 0.438. The Morgan fingerprint density at radius 3 is 2.39 bits per heavy atom. The quantitative estimate of drug-likeness (QED) is 0.815. The highest BCUT2D eigenvalue weighted by molar-refractivity contribution is 5.90. The van der Waals surface area contributed by atoms with Crippen LogP contribution in [0, 0.1) is 5.92 Å². The zero-order chi connectivity index (χ0) is 13.0. The van der Waals surface area contributed by atoms with Crippen LogP contribution in [0.25, 0.3) is 5.57 Å². The van der Waals surface area contributed by atoms with Crippen LogP contribution in [-0.2, 0) is 11.2 Å². The van der Waals surface area contributed by atoms with E-state index in [9.17, 15) is 4.79 Å². The van der Waals surface area contributed by atoms with Gasteiger partial charge in [0.2, 0.25) is 0 Å². The van der Waals surface area contributed by atoms with Gasteiger partial charge in [-0.15, -0.1) is 0 Å². The molecule has 0 aliphatic heterocycles. The molecule has 0 radical (unpaired) electrons. The minimum Gasteiger partial charge on any atom is -0.478 e. The summed E-state index contributed by atoms with van der Waals surface area (Å²) < 4.78 is 0. The molecular weight excluding hydrogens is 224 g/mol. The van der Waals surface area contributed by atoms with Crippen LogP contribution in [0.1, 0.15) is 43.7 Å². The molecule has 0 atom stereocenters. The van der Waals surface area contributed by atoms with Gasteiger partial charge in [-0.25, -0.2) is 4.79 Å². The predicted molar refractivity (Wildman–Crippen MR) is 73.4 cm³/mol. The zero-order valence-electron chi connectivity index (χ0n) is 10.9. The molecule has 0 aromatic heterocycles. The highest BCUT2D eigenvalue weighted by Gasteiger charge is 2.21. The van der Waals surface area contributed by atoms with Crippen LogP contribution < -0.4 is 0 Å². The van der Waals surface area contributed by atoms with Gasteiger partial charge < -0.3 is 5.11 Å². The molecule has 0 heterocycles. The van der Waals surface area contributed by atoms with Crippen molar-refractivity contribution in [1.82, 2.24) is 0 Å². The Morgan fingerprint density at radius 1 is 1.28 bits per heavy atom. The van der Waals surface area contributed by atoms with Gasteiger partial charge in [0.1, 0.15) is 0 Å². The Labute approximate surface area is 108 Å². The molecule has 0 unspecified atom stereocenters. The number of rotatable bonds is 4. The molecular formula is C16H20O2. The summed E-state index contributed by atoms with van der Waals surface area (Å²) in [5.41, 5.74) is 3.36. The molecule has 18 heavy (non-hydrogen) atoms. The van der Waals surface area contributed by atoms with Crippen LogP contribution in [0.4, 0.5) is 0 Å². The largest absolute Gasteiger partial charge is 0.478 e. The number of carbonyl (C=O) groups is 1. The van der Waals surface area contributed by atoms with Crippen LogP contribution in [0.5, 0.6) is 0 Å². The van der Waals surface area contributed by atoms with E-state index in [2.05, 4.69) is 31.2 Å². The predicted octanol–water partition coefficient (Wildman–Crippen LogP) is 3.91. The van der Waals surface area contributed by atoms with Gasteiger partial charge in [-0.1, -0.05) is 44.0 Å². The third-order valence-corrected chi connectivity index (χ3v) is 3.77. The van der Waals surface area contributed by atoms with E-state index in [1.165, 1.54) is 24.5 Å². The summed E-state index contributed by atoms with van der Waals surface area (Å²) in [5, 5.41) is 9.03. The Morgan fingerprint density at radius 2 is 1.89 bits per heavy atom. The number of carboxylic acids is 1. The fourth-order valence-electron chi connectivity index (χ4n) is 2.74. The Hall–Kier alpha value is -1.57. The molecule has 2 nitrogen and oxygen atoms in total. The molecule has 0 saturated heterocycles. The second-order valence-electron chi connectivity index (χ2n) is 4.97. The lowest BCUT2D eigenvalue weighted by molar-refractivity contribution is -0.131. The van der Waals surface area contributed by atoms with Gasteiger partial charge in [-0.3, -0.25) is 0 Å². The second-order valence-corrected chi connectivity index (χ2v) is 4.97. The molecule has 96 valence electrons. The molecule has 2 rings (SSSR count). The average Bonchev–Trinajstić information content (AvgIpc) is 2.89. The van der Waals surface area contributed by atoms with Crippen molar-refractivity contribution in [2.45, 2.75) is 39.0 Å². The van der Waals surface area contributed by atoms with Crippen LogP contribution in [0.15, 0.2) is 30.3 Å². The standard InChI is InChI=1S/C16H20O2/c1-2-12-7-9-14(10-8-12)15(11-16(17)18)13-5-3-4-6-13/h7-11,13H,2-6H2,1H3,(H,17,18)/b15-11+. The Bertz CT molecular complexity index is 437. The van der Waals surface area contributed by atoms with Gasteiger partial charge in [0, 0.05) is 6.08 Å². The van der Waals surface area contributed by atoms with E-state index in [0.717, 1.165) is 30.4 Å². The summed E-state index contributed by atoms with van der Waals surface area (Å²) in [5.74, 6) is -0.412. The normalized spacial score (nSPS) is 17.1. The summed E-state index contributed by atoms with van der Waals surface area (Å²) in [6, 6.07) is 8.32. The minimum atomic E-state index is -0.837. The van der Waals surface area contributed by atoms with E-state index >= 15 is 0 Å².